The Morgan fingerprint density at radius 1 is 1.05 bits per heavy atom. The normalized spacial score (nSPS) is 18.3. The van der Waals surface area contributed by atoms with E-state index in [2.05, 4.69) is 21.1 Å². The number of anilines is 1. The van der Waals surface area contributed by atoms with Crippen LogP contribution in [0.2, 0.25) is 10.0 Å². The van der Waals surface area contributed by atoms with E-state index in [0.717, 1.165) is 43.4 Å². The van der Waals surface area contributed by atoms with E-state index < -0.39 is 23.4 Å². The molecule has 1 N–H and O–H groups in total. The molecule has 4 aromatic rings. The first-order valence-electron chi connectivity index (χ1n) is 13.7. The van der Waals surface area contributed by atoms with Crippen LogP contribution in [0.3, 0.4) is 0 Å². The van der Waals surface area contributed by atoms with E-state index in [1.807, 2.05) is 0 Å². The lowest BCUT2D eigenvalue weighted by Gasteiger charge is -2.47. The van der Waals surface area contributed by atoms with Crippen molar-refractivity contribution in [2.75, 3.05) is 18.0 Å². The highest BCUT2D eigenvalue weighted by atomic mass is 35.5. The van der Waals surface area contributed by atoms with Crippen LogP contribution in [0.5, 0.6) is 0 Å². The number of pyridine rings is 1. The van der Waals surface area contributed by atoms with Gasteiger partial charge in [-0.3, -0.25) is 0 Å². The first-order chi connectivity index (χ1) is 20.0. The minimum absolute atomic E-state index is 0.000591. The van der Waals surface area contributed by atoms with E-state index in [4.69, 9.17) is 27.7 Å². The molecule has 1 saturated heterocycles. The number of allylic oxidation sites excluding steroid dienone is 2. The first-order valence-corrected chi connectivity index (χ1v) is 14.4. The molecular weight excluding hydrogens is 590 g/mol. The highest BCUT2D eigenvalue weighted by molar-refractivity contribution is 6.39. The van der Waals surface area contributed by atoms with Gasteiger partial charge in [-0.05, 0) is 79.5 Å². The quantitative estimate of drug-likeness (QED) is 0.242. The van der Waals surface area contributed by atoms with Gasteiger partial charge >= 0.3 is 12.1 Å². The van der Waals surface area contributed by atoms with Gasteiger partial charge in [0.25, 0.3) is 0 Å². The van der Waals surface area contributed by atoms with Gasteiger partial charge in [0.2, 0.25) is 0 Å². The van der Waals surface area contributed by atoms with Gasteiger partial charge in [-0.25, -0.2) is 9.78 Å². The van der Waals surface area contributed by atoms with Crippen molar-refractivity contribution >= 4 is 51.3 Å². The van der Waals surface area contributed by atoms with Gasteiger partial charge in [0.15, 0.2) is 0 Å². The van der Waals surface area contributed by atoms with Gasteiger partial charge in [-0.15, -0.1) is 0 Å². The molecule has 0 radical (unpaired) electrons. The Kier molecular flexibility index (Phi) is 6.33. The van der Waals surface area contributed by atoms with E-state index >= 15 is 0 Å². The Bertz CT molecular complexity index is 1770. The maximum atomic E-state index is 13.8. The van der Waals surface area contributed by atoms with Gasteiger partial charge in [0.1, 0.15) is 17.1 Å². The highest BCUT2D eigenvalue weighted by Gasteiger charge is 2.44. The Labute approximate surface area is 248 Å². The van der Waals surface area contributed by atoms with Crippen molar-refractivity contribution in [3.05, 3.63) is 81.2 Å². The van der Waals surface area contributed by atoms with Crippen LogP contribution in [-0.4, -0.2) is 34.3 Å². The molecule has 1 spiro atoms. The van der Waals surface area contributed by atoms with E-state index in [1.54, 1.807) is 24.3 Å². The number of carboxylic acids is 1. The van der Waals surface area contributed by atoms with Gasteiger partial charge in [0, 0.05) is 41.2 Å². The number of halogens is 5. The predicted molar refractivity (Wildman–Crippen MR) is 154 cm³/mol. The summed E-state index contributed by atoms with van der Waals surface area (Å²) < 4.78 is 47.4. The SMILES string of the molecule is O=C(O)c1cc(C(F)(F)F)c2cc(N3CCC4(C=C(c5c(-c6c(Cl)cccc6Cl)noc5C5CC5)C4)CC3)ccc2n1. The van der Waals surface area contributed by atoms with E-state index in [0.29, 0.717) is 52.1 Å². The van der Waals surface area contributed by atoms with Gasteiger partial charge in [-0.2, -0.15) is 13.2 Å². The second kappa shape index (κ2) is 9.74. The number of nitrogens with zero attached hydrogens (tertiary/aromatic N) is 3. The second-order valence-corrected chi connectivity index (χ2v) is 12.2. The Hall–Kier alpha value is -3.56. The number of carbonyl (C=O) groups is 1. The van der Waals surface area contributed by atoms with Crippen molar-refractivity contribution in [2.45, 2.75) is 44.2 Å². The molecule has 0 atom stereocenters. The summed E-state index contributed by atoms with van der Waals surface area (Å²) in [5.41, 5.74) is 2.50. The first kappa shape index (κ1) is 27.3. The second-order valence-electron chi connectivity index (χ2n) is 11.4. The minimum Gasteiger partial charge on any atom is -0.477 e. The summed E-state index contributed by atoms with van der Waals surface area (Å²) in [5.74, 6) is -0.272. The molecule has 6 nitrogen and oxygen atoms in total. The van der Waals surface area contributed by atoms with Crippen LogP contribution in [-0.2, 0) is 6.18 Å². The number of hydrogen-bond acceptors (Lipinski definition) is 5. The molecule has 0 unspecified atom stereocenters. The number of carboxylic acid groups (broad SMARTS) is 1. The molecule has 1 aliphatic heterocycles. The van der Waals surface area contributed by atoms with Crippen molar-refractivity contribution in [3.63, 3.8) is 0 Å². The smallest absolute Gasteiger partial charge is 0.417 e. The fraction of sp³-hybridized carbons (Fsp3) is 0.323. The third-order valence-electron chi connectivity index (χ3n) is 8.65. The number of piperidine rings is 1. The molecule has 0 amide bonds. The van der Waals surface area contributed by atoms with Crippen LogP contribution in [0.15, 0.2) is 53.1 Å². The van der Waals surface area contributed by atoms with Crippen LogP contribution >= 0.6 is 23.2 Å². The molecule has 2 fully saturated rings. The summed E-state index contributed by atoms with van der Waals surface area (Å²) in [6, 6.07) is 10.6. The summed E-state index contributed by atoms with van der Waals surface area (Å²) in [6.45, 7) is 1.33. The molecule has 2 aromatic heterocycles. The van der Waals surface area contributed by atoms with Crippen molar-refractivity contribution < 1.29 is 27.6 Å². The van der Waals surface area contributed by atoms with Crippen LogP contribution in [0.25, 0.3) is 27.7 Å². The molecule has 0 bridgehead atoms. The van der Waals surface area contributed by atoms with E-state index in [-0.39, 0.29) is 16.3 Å². The number of aromatic carboxylic acids is 1. The molecule has 2 aliphatic carbocycles. The Morgan fingerprint density at radius 3 is 2.36 bits per heavy atom. The Morgan fingerprint density at radius 2 is 1.74 bits per heavy atom. The maximum Gasteiger partial charge on any atom is 0.417 e. The van der Waals surface area contributed by atoms with Crippen molar-refractivity contribution in [3.8, 4) is 11.3 Å². The van der Waals surface area contributed by atoms with Gasteiger partial charge in [-0.1, -0.05) is 40.5 Å². The van der Waals surface area contributed by atoms with E-state index in [9.17, 15) is 23.1 Å². The van der Waals surface area contributed by atoms with Crippen LogP contribution in [0, 0.1) is 5.41 Å². The highest BCUT2D eigenvalue weighted by Crippen LogP contribution is 2.56. The number of alkyl halides is 3. The summed E-state index contributed by atoms with van der Waals surface area (Å²) in [4.78, 5) is 17.3. The summed E-state index contributed by atoms with van der Waals surface area (Å²) in [7, 11) is 0. The van der Waals surface area contributed by atoms with Gasteiger partial charge in [0.05, 0.1) is 21.1 Å². The zero-order valence-corrected chi connectivity index (χ0v) is 23.7. The number of aromatic nitrogens is 2. The number of benzene rings is 2. The van der Waals surface area contributed by atoms with Gasteiger partial charge < -0.3 is 14.5 Å². The third-order valence-corrected chi connectivity index (χ3v) is 9.28. The molecule has 216 valence electrons. The van der Waals surface area contributed by atoms with Crippen molar-refractivity contribution in [1.82, 2.24) is 10.1 Å². The average Bonchev–Trinajstić information content (AvgIpc) is 3.69. The molecular formula is C31H24Cl2F3N3O3. The van der Waals surface area contributed by atoms with E-state index in [1.165, 1.54) is 17.7 Å². The monoisotopic (exact) mass is 613 g/mol. The zero-order valence-electron chi connectivity index (χ0n) is 22.1. The molecule has 11 heteroatoms. The molecule has 3 heterocycles. The number of rotatable bonds is 5. The lowest BCUT2D eigenvalue weighted by Crippen LogP contribution is -2.42. The lowest BCUT2D eigenvalue weighted by atomic mass is 9.63. The van der Waals surface area contributed by atoms with Crippen molar-refractivity contribution in [2.24, 2.45) is 5.41 Å². The minimum atomic E-state index is -4.71. The zero-order chi connectivity index (χ0) is 29.4. The number of hydrogen-bond donors (Lipinski definition) is 1. The Balaban J connectivity index is 1.15. The molecule has 2 aromatic carbocycles. The third kappa shape index (κ3) is 4.63. The molecule has 7 rings (SSSR count). The summed E-state index contributed by atoms with van der Waals surface area (Å²) >= 11 is 13.1. The van der Waals surface area contributed by atoms with Crippen LogP contribution < -0.4 is 4.90 Å². The lowest BCUT2D eigenvalue weighted by molar-refractivity contribution is -0.136. The van der Waals surface area contributed by atoms with Crippen LogP contribution in [0.4, 0.5) is 18.9 Å². The number of fused-ring (bicyclic) bond motifs is 1. The topological polar surface area (TPSA) is 79.5 Å². The average molecular weight is 614 g/mol. The molecule has 1 saturated carbocycles. The molecule has 3 aliphatic rings. The predicted octanol–water partition coefficient (Wildman–Crippen LogP) is 8.86. The standard InChI is InChI=1S/C31H24Cl2F3N3O3/c32-21-2-1-3-22(33)26(21)27-25(28(42-38-27)16-4-5-16)17-14-30(15-17)8-10-39(11-9-30)18-6-7-23-19(12-18)20(31(34,35)36)13-24(37-23)29(40)41/h1-3,6-7,12-14,16H,4-5,8-11,15H2,(H,40,41). The molecule has 42 heavy (non-hydrogen) atoms. The maximum absolute atomic E-state index is 13.8. The summed E-state index contributed by atoms with van der Waals surface area (Å²) in [5, 5.41) is 14.6. The fourth-order valence-corrected chi connectivity index (χ4v) is 6.87. The fourth-order valence-electron chi connectivity index (χ4n) is 6.30. The van der Waals surface area contributed by atoms with Crippen LogP contribution in [0.1, 0.15) is 65.4 Å². The summed E-state index contributed by atoms with van der Waals surface area (Å²) in [6.07, 6.45) is 2.22. The van der Waals surface area contributed by atoms with Crippen molar-refractivity contribution in [1.29, 1.82) is 0 Å². The largest absolute Gasteiger partial charge is 0.477 e.